The lowest BCUT2D eigenvalue weighted by molar-refractivity contribution is -0.137. The lowest BCUT2D eigenvalue weighted by Crippen LogP contribution is -2.40. The molecular weight excluding hydrogens is 296 g/mol. The smallest absolute Gasteiger partial charge is 0.303 e. The first-order valence-corrected chi connectivity index (χ1v) is 7.88. The van der Waals surface area contributed by atoms with Crippen LogP contribution in [0.1, 0.15) is 25.3 Å². The molecular formula is C17H26N2O4. The van der Waals surface area contributed by atoms with Crippen LogP contribution in [-0.4, -0.2) is 55.2 Å². The average Bonchev–Trinajstić information content (AvgIpc) is 2.56. The van der Waals surface area contributed by atoms with Gasteiger partial charge < -0.3 is 20.1 Å². The molecule has 0 aliphatic heterocycles. The second kappa shape index (κ2) is 10.6. The molecule has 6 nitrogen and oxygen atoms in total. The third-order valence-electron chi connectivity index (χ3n) is 3.64. The van der Waals surface area contributed by atoms with Gasteiger partial charge in [0.15, 0.2) is 0 Å². The molecule has 1 aromatic carbocycles. The third kappa shape index (κ3) is 7.65. The Balaban J connectivity index is 2.40. The molecule has 0 unspecified atom stereocenters. The van der Waals surface area contributed by atoms with E-state index in [1.165, 1.54) is 0 Å². The predicted octanol–water partition coefficient (Wildman–Crippen LogP) is 1.54. The molecule has 0 radical (unpaired) electrons. The van der Waals surface area contributed by atoms with Crippen molar-refractivity contribution in [1.82, 2.24) is 10.2 Å². The zero-order valence-electron chi connectivity index (χ0n) is 13.8. The third-order valence-corrected chi connectivity index (χ3v) is 3.64. The van der Waals surface area contributed by atoms with E-state index in [2.05, 4.69) is 5.32 Å². The molecule has 1 amide bonds. The summed E-state index contributed by atoms with van der Waals surface area (Å²) in [5.74, 6) is -0.0450. The van der Waals surface area contributed by atoms with Crippen molar-refractivity contribution >= 4 is 12.4 Å². The average molecular weight is 322 g/mol. The molecule has 1 rings (SSSR count). The number of carboxylic acids is 1. The van der Waals surface area contributed by atoms with Crippen LogP contribution in [0, 0.1) is 0 Å². The van der Waals surface area contributed by atoms with Crippen LogP contribution in [0.4, 0.5) is 0 Å². The van der Waals surface area contributed by atoms with E-state index in [0.29, 0.717) is 13.0 Å². The van der Waals surface area contributed by atoms with Gasteiger partial charge in [0.05, 0.1) is 6.61 Å². The first kappa shape index (κ1) is 19.0. The number of ether oxygens (including phenoxy) is 1. The van der Waals surface area contributed by atoms with Gasteiger partial charge in [-0.25, -0.2) is 0 Å². The van der Waals surface area contributed by atoms with Crippen LogP contribution in [0.3, 0.4) is 0 Å². The van der Waals surface area contributed by atoms with Crippen LogP contribution in [0.2, 0.25) is 0 Å². The van der Waals surface area contributed by atoms with Crippen molar-refractivity contribution in [3.05, 3.63) is 29.8 Å². The number of hydrogen-bond donors (Lipinski definition) is 2. The molecule has 1 atom stereocenters. The first-order chi connectivity index (χ1) is 11.1. The second-order valence-electron chi connectivity index (χ2n) is 5.41. The Kier molecular flexibility index (Phi) is 8.75. The van der Waals surface area contributed by atoms with Gasteiger partial charge >= 0.3 is 5.97 Å². The summed E-state index contributed by atoms with van der Waals surface area (Å²) in [6, 6.07) is 7.56. The molecule has 0 heterocycles. The monoisotopic (exact) mass is 322 g/mol. The molecule has 128 valence electrons. The van der Waals surface area contributed by atoms with E-state index in [-0.39, 0.29) is 12.5 Å². The highest BCUT2D eigenvalue weighted by molar-refractivity contribution is 5.67. The Hall–Kier alpha value is -2.08. The van der Waals surface area contributed by atoms with Crippen molar-refractivity contribution in [2.45, 2.75) is 32.2 Å². The van der Waals surface area contributed by atoms with E-state index in [9.17, 15) is 9.59 Å². The van der Waals surface area contributed by atoms with Crippen molar-refractivity contribution in [2.24, 2.45) is 0 Å². The molecule has 1 aromatic rings. The quantitative estimate of drug-likeness (QED) is 0.571. The number of nitrogens with zero attached hydrogens (tertiary/aromatic N) is 1. The minimum atomic E-state index is -0.795. The Morgan fingerprint density at radius 2 is 2.09 bits per heavy atom. The van der Waals surface area contributed by atoms with Gasteiger partial charge in [-0.2, -0.15) is 0 Å². The Bertz CT molecular complexity index is 476. The van der Waals surface area contributed by atoms with E-state index in [1.807, 2.05) is 31.2 Å². The Labute approximate surface area is 137 Å². The van der Waals surface area contributed by atoms with Crippen LogP contribution >= 0.6 is 0 Å². The number of nitrogens with one attached hydrogen (secondary N) is 1. The molecule has 0 saturated carbocycles. The fraction of sp³-hybridized carbons (Fsp3) is 0.529. The molecule has 0 aliphatic rings. The maximum absolute atomic E-state index is 10.9. The van der Waals surface area contributed by atoms with Crippen molar-refractivity contribution in [2.75, 3.05) is 26.7 Å². The summed E-state index contributed by atoms with van der Waals surface area (Å²) in [6.07, 6.45) is 2.22. The minimum absolute atomic E-state index is 0.0993. The number of amides is 1. The Morgan fingerprint density at radius 3 is 2.65 bits per heavy atom. The van der Waals surface area contributed by atoms with Gasteiger partial charge in [-0.05, 0) is 30.7 Å². The van der Waals surface area contributed by atoms with Gasteiger partial charge in [0, 0.05) is 32.5 Å². The van der Waals surface area contributed by atoms with Crippen molar-refractivity contribution < 1.29 is 19.4 Å². The molecule has 0 aliphatic carbocycles. The highest BCUT2D eigenvalue weighted by Gasteiger charge is 2.12. The van der Waals surface area contributed by atoms with Crippen LogP contribution in [-0.2, 0) is 16.0 Å². The number of likely N-dealkylation sites (N-methyl/N-ethyl adjacent to an activating group) is 2. The zero-order chi connectivity index (χ0) is 17.1. The summed E-state index contributed by atoms with van der Waals surface area (Å²) in [4.78, 5) is 23.1. The molecule has 0 bridgehead atoms. The van der Waals surface area contributed by atoms with E-state index in [4.69, 9.17) is 9.84 Å². The number of carbonyl (C=O) groups excluding carboxylic acids is 1. The second-order valence-corrected chi connectivity index (χ2v) is 5.41. The molecule has 2 N–H and O–H groups in total. The van der Waals surface area contributed by atoms with Crippen LogP contribution in [0.5, 0.6) is 5.75 Å². The first-order valence-electron chi connectivity index (χ1n) is 7.88. The number of carbonyl (C=O) groups is 2. The van der Waals surface area contributed by atoms with Gasteiger partial charge in [-0.15, -0.1) is 0 Å². The number of hydrogen-bond acceptors (Lipinski definition) is 4. The summed E-state index contributed by atoms with van der Waals surface area (Å²) < 4.78 is 5.71. The molecule has 0 fully saturated rings. The fourth-order valence-electron chi connectivity index (χ4n) is 2.16. The summed E-state index contributed by atoms with van der Waals surface area (Å²) in [7, 11) is 1.77. The Morgan fingerprint density at radius 1 is 1.39 bits per heavy atom. The summed E-state index contributed by atoms with van der Waals surface area (Å²) >= 11 is 0. The van der Waals surface area contributed by atoms with Crippen LogP contribution in [0.25, 0.3) is 0 Å². The highest BCUT2D eigenvalue weighted by Crippen LogP contribution is 2.14. The molecule has 23 heavy (non-hydrogen) atoms. The van der Waals surface area contributed by atoms with E-state index >= 15 is 0 Å². The van der Waals surface area contributed by atoms with E-state index in [0.717, 1.165) is 37.2 Å². The number of rotatable bonds is 12. The van der Waals surface area contributed by atoms with E-state index in [1.54, 1.807) is 11.9 Å². The summed E-state index contributed by atoms with van der Waals surface area (Å²) in [5, 5.41) is 11.9. The number of carboxylic acid groups (broad SMARTS) is 1. The fourth-order valence-corrected chi connectivity index (χ4v) is 2.16. The van der Waals surface area contributed by atoms with Crippen LogP contribution < -0.4 is 10.1 Å². The summed E-state index contributed by atoms with van der Waals surface area (Å²) in [5.41, 5.74) is 0.977. The highest BCUT2D eigenvalue weighted by atomic mass is 16.5. The van der Waals surface area contributed by atoms with Crippen molar-refractivity contribution in [3.8, 4) is 5.75 Å². The topological polar surface area (TPSA) is 78.9 Å². The standard InChI is InChI=1S/C17H26N2O4/c1-3-18-12-15(19(2)13-20)10-11-23-16-7-4-14(5-8-16)6-9-17(21)22/h4-5,7-8,13,15,18H,3,6,9-12H2,1-2H3,(H,21,22)/t15-/m0/s1. The molecule has 0 saturated heterocycles. The van der Waals surface area contributed by atoms with Gasteiger partial charge in [-0.1, -0.05) is 19.1 Å². The van der Waals surface area contributed by atoms with Gasteiger partial charge in [0.2, 0.25) is 6.41 Å². The molecule has 0 aromatic heterocycles. The molecule has 0 spiro atoms. The van der Waals surface area contributed by atoms with Gasteiger partial charge in [0.25, 0.3) is 0 Å². The maximum Gasteiger partial charge on any atom is 0.303 e. The number of aliphatic carboxylic acids is 1. The lowest BCUT2D eigenvalue weighted by Gasteiger charge is -2.24. The van der Waals surface area contributed by atoms with Gasteiger partial charge in [0.1, 0.15) is 5.75 Å². The SMILES string of the molecule is CCNC[C@H](CCOc1ccc(CCC(=O)O)cc1)N(C)C=O. The van der Waals surface area contributed by atoms with Gasteiger partial charge in [-0.3, -0.25) is 9.59 Å². The predicted molar refractivity (Wildman–Crippen MR) is 88.7 cm³/mol. The zero-order valence-corrected chi connectivity index (χ0v) is 13.8. The van der Waals surface area contributed by atoms with Crippen LogP contribution in [0.15, 0.2) is 24.3 Å². The van der Waals surface area contributed by atoms with Crippen molar-refractivity contribution in [3.63, 3.8) is 0 Å². The largest absolute Gasteiger partial charge is 0.494 e. The summed E-state index contributed by atoms with van der Waals surface area (Å²) in [6.45, 7) is 4.15. The minimum Gasteiger partial charge on any atom is -0.494 e. The van der Waals surface area contributed by atoms with Crippen molar-refractivity contribution in [1.29, 1.82) is 0 Å². The lowest BCUT2D eigenvalue weighted by atomic mass is 10.1. The van der Waals surface area contributed by atoms with E-state index < -0.39 is 5.97 Å². The molecule has 6 heteroatoms. The number of benzene rings is 1. The maximum atomic E-state index is 10.9. The number of aryl methyl sites for hydroxylation is 1. The normalized spacial score (nSPS) is 11.7.